The molecule has 1 fully saturated rings. The number of rotatable bonds is 3. The van der Waals surface area contributed by atoms with E-state index in [-0.39, 0.29) is 0 Å². The van der Waals surface area contributed by atoms with Crippen LogP contribution in [0.4, 0.5) is 5.82 Å². The summed E-state index contributed by atoms with van der Waals surface area (Å²) in [7, 11) is 0. The van der Waals surface area contributed by atoms with E-state index >= 15 is 0 Å². The molecule has 0 aliphatic heterocycles. The molecular formula is C17H22N2. The van der Waals surface area contributed by atoms with Gasteiger partial charge in [0.25, 0.3) is 0 Å². The summed E-state index contributed by atoms with van der Waals surface area (Å²) in [5.41, 5.74) is 0.842. The van der Waals surface area contributed by atoms with Gasteiger partial charge in [-0.2, -0.15) is 0 Å². The first kappa shape index (κ1) is 12.5. The minimum Gasteiger partial charge on any atom is -0.369 e. The highest BCUT2D eigenvalue weighted by atomic mass is 15.0. The van der Waals surface area contributed by atoms with Gasteiger partial charge < -0.3 is 5.32 Å². The van der Waals surface area contributed by atoms with Crippen LogP contribution < -0.4 is 5.32 Å². The number of benzene rings is 1. The molecule has 1 N–H and O–H groups in total. The molecule has 1 aliphatic rings. The average Bonchev–Trinajstić information content (AvgIpc) is 2.77. The normalized spacial score (nSPS) is 20.4. The molecule has 1 aromatic heterocycles. The number of anilines is 1. The van der Waals surface area contributed by atoms with Gasteiger partial charge in [0.2, 0.25) is 0 Å². The molecule has 1 aliphatic carbocycles. The zero-order valence-electron chi connectivity index (χ0n) is 12.2. The van der Waals surface area contributed by atoms with Crippen LogP contribution >= 0.6 is 0 Å². The van der Waals surface area contributed by atoms with Crippen LogP contribution in [0.1, 0.15) is 27.7 Å². The molecule has 3 rings (SSSR count). The van der Waals surface area contributed by atoms with Crippen LogP contribution in [0.3, 0.4) is 0 Å². The van der Waals surface area contributed by atoms with Crippen LogP contribution in [-0.2, 0) is 0 Å². The summed E-state index contributed by atoms with van der Waals surface area (Å²) in [6, 6.07) is 10.5. The fraction of sp³-hybridized carbons (Fsp3) is 0.471. The number of nitrogens with one attached hydrogen (secondary N) is 1. The Morgan fingerprint density at radius 2 is 1.74 bits per heavy atom. The largest absolute Gasteiger partial charge is 0.369 e. The minimum absolute atomic E-state index is 0.421. The van der Waals surface area contributed by atoms with Crippen molar-refractivity contribution in [3.63, 3.8) is 0 Å². The summed E-state index contributed by atoms with van der Waals surface area (Å²) in [6.07, 6.45) is 1.88. The van der Waals surface area contributed by atoms with Gasteiger partial charge in [-0.05, 0) is 28.2 Å². The van der Waals surface area contributed by atoms with Crippen molar-refractivity contribution < 1.29 is 0 Å². The molecule has 2 heteroatoms. The zero-order valence-corrected chi connectivity index (χ0v) is 12.2. The molecule has 0 amide bonds. The fourth-order valence-electron chi connectivity index (χ4n) is 3.30. The third kappa shape index (κ3) is 1.81. The van der Waals surface area contributed by atoms with E-state index < -0.39 is 0 Å². The Balaban J connectivity index is 1.81. The van der Waals surface area contributed by atoms with E-state index in [0.717, 1.165) is 12.4 Å². The number of hydrogen-bond acceptors (Lipinski definition) is 2. The summed E-state index contributed by atoms with van der Waals surface area (Å²) in [6.45, 7) is 10.4. The van der Waals surface area contributed by atoms with Crippen LogP contribution in [0.2, 0.25) is 0 Å². The third-order valence-electron chi connectivity index (χ3n) is 5.47. The summed E-state index contributed by atoms with van der Waals surface area (Å²) < 4.78 is 0. The smallest absolute Gasteiger partial charge is 0.133 e. The lowest BCUT2D eigenvalue weighted by atomic mass is 10.0. The van der Waals surface area contributed by atoms with E-state index in [0.29, 0.717) is 16.7 Å². The lowest BCUT2D eigenvalue weighted by molar-refractivity contribution is 0.457. The molecule has 100 valence electrons. The topological polar surface area (TPSA) is 24.9 Å². The third-order valence-corrected chi connectivity index (χ3v) is 5.47. The van der Waals surface area contributed by atoms with E-state index in [1.54, 1.807) is 0 Å². The highest BCUT2D eigenvalue weighted by Gasteiger charge is 2.64. The maximum Gasteiger partial charge on any atom is 0.133 e. The summed E-state index contributed by atoms with van der Waals surface area (Å²) >= 11 is 0. The predicted molar refractivity (Wildman–Crippen MR) is 81.3 cm³/mol. The van der Waals surface area contributed by atoms with Gasteiger partial charge in [-0.25, -0.2) is 4.98 Å². The van der Waals surface area contributed by atoms with Crippen molar-refractivity contribution in [3.8, 4) is 0 Å². The second-order valence-corrected chi connectivity index (χ2v) is 6.76. The van der Waals surface area contributed by atoms with Crippen LogP contribution in [0, 0.1) is 16.7 Å². The van der Waals surface area contributed by atoms with E-state index in [1.165, 1.54) is 10.8 Å². The fourth-order valence-corrected chi connectivity index (χ4v) is 3.30. The SMILES string of the molecule is CC1(C)C(CNc2nccc3ccccc23)C1(C)C. The Morgan fingerprint density at radius 1 is 1.05 bits per heavy atom. The van der Waals surface area contributed by atoms with Gasteiger partial charge in [0.15, 0.2) is 0 Å². The second kappa shape index (κ2) is 3.96. The highest BCUT2D eigenvalue weighted by molar-refractivity contribution is 5.91. The number of hydrogen-bond donors (Lipinski definition) is 1. The van der Waals surface area contributed by atoms with Crippen molar-refractivity contribution >= 4 is 16.6 Å². The van der Waals surface area contributed by atoms with Gasteiger partial charge in [-0.1, -0.05) is 52.0 Å². The van der Waals surface area contributed by atoms with Gasteiger partial charge in [0, 0.05) is 18.1 Å². The average molecular weight is 254 g/mol. The van der Waals surface area contributed by atoms with Crippen molar-refractivity contribution in [3.05, 3.63) is 36.5 Å². The lowest BCUT2D eigenvalue weighted by Gasteiger charge is -2.09. The quantitative estimate of drug-likeness (QED) is 0.882. The standard InChI is InChI=1S/C17H22N2/c1-16(2)14(17(16,3)4)11-19-15-13-8-6-5-7-12(13)9-10-18-15/h5-10,14H,11H2,1-4H3,(H,18,19). The minimum atomic E-state index is 0.421. The van der Waals surface area contributed by atoms with Crippen molar-refractivity contribution in [1.29, 1.82) is 0 Å². The van der Waals surface area contributed by atoms with Crippen LogP contribution in [0.15, 0.2) is 36.5 Å². The molecule has 1 heterocycles. The van der Waals surface area contributed by atoms with E-state index in [2.05, 4.69) is 68.3 Å². The highest BCUT2D eigenvalue weighted by Crippen LogP contribution is 2.68. The monoisotopic (exact) mass is 254 g/mol. The molecule has 0 unspecified atom stereocenters. The molecule has 0 bridgehead atoms. The Kier molecular flexibility index (Phi) is 2.60. The molecular weight excluding hydrogens is 232 g/mol. The summed E-state index contributed by atoms with van der Waals surface area (Å²) in [5.74, 6) is 1.72. The maximum atomic E-state index is 4.49. The first-order valence-electron chi connectivity index (χ1n) is 7.02. The van der Waals surface area contributed by atoms with Gasteiger partial charge in [-0.15, -0.1) is 0 Å². The van der Waals surface area contributed by atoms with Gasteiger partial charge in [0.05, 0.1) is 0 Å². The number of fused-ring (bicyclic) bond motifs is 1. The molecule has 1 aromatic carbocycles. The van der Waals surface area contributed by atoms with Gasteiger partial charge >= 0.3 is 0 Å². The molecule has 0 radical (unpaired) electrons. The van der Waals surface area contributed by atoms with Crippen molar-refractivity contribution in [2.45, 2.75) is 27.7 Å². The predicted octanol–water partition coefficient (Wildman–Crippen LogP) is 4.33. The molecule has 0 atom stereocenters. The maximum absolute atomic E-state index is 4.49. The first-order valence-corrected chi connectivity index (χ1v) is 7.02. The van der Waals surface area contributed by atoms with Crippen LogP contribution in [0.5, 0.6) is 0 Å². The number of aromatic nitrogens is 1. The second-order valence-electron chi connectivity index (χ2n) is 6.76. The molecule has 0 spiro atoms. The van der Waals surface area contributed by atoms with Crippen molar-refractivity contribution in [2.75, 3.05) is 11.9 Å². The van der Waals surface area contributed by atoms with Crippen LogP contribution in [0.25, 0.3) is 10.8 Å². The molecule has 1 saturated carbocycles. The van der Waals surface area contributed by atoms with E-state index in [4.69, 9.17) is 0 Å². The number of nitrogens with zero attached hydrogens (tertiary/aromatic N) is 1. The first-order chi connectivity index (χ1) is 8.94. The van der Waals surface area contributed by atoms with Crippen molar-refractivity contribution in [2.24, 2.45) is 16.7 Å². The van der Waals surface area contributed by atoms with E-state index in [9.17, 15) is 0 Å². The van der Waals surface area contributed by atoms with Crippen molar-refractivity contribution in [1.82, 2.24) is 4.98 Å². The Hall–Kier alpha value is -1.57. The van der Waals surface area contributed by atoms with Gasteiger partial charge in [-0.3, -0.25) is 0 Å². The lowest BCUT2D eigenvalue weighted by Crippen LogP contribution is -2.09. The van der Waals surface area contributed by atoms with Crippen LogP contribution in [-0.4, -0.2) is 11.5 Å². The summed E-state index contributed by atoms with van der Waals surface area (Å²) in [5, 5.41) is 6.00. The number of pyridine rings is 1. The van der Waals surface area contributed by atoms with E-state index in [1.807, 2.05) is 6.20 Å². The Morgan fingerprint density at radius 3 is 2.42 bits per heavy atom. The Bertz CT molecular complexity index is 594. The molecule has 19 heavy (non-hydrogen) atoms. The summed E-state index contributed by atoms with van der Waals surface area (Å²) in [4.78, 5) is 4.49. The van der Waals surface area contributed by atoms with Gasteiger partial charge in [0.1, 0.15) is 5.82 Å². The Labute approximate surface area is 115 Å². The zero-order chi connectivity index (χ0) is 13.7. The molecule has 0 saturated heterocycles. The molecule has 2 aromatic rings. The molecule has 2 nitrogen and oxygen atoms in total.